The number of aromatic nitrogens is 3. The van der Waals surface area contributed by atoms with Gasteiger partial charge in [-0.25, -0.2) is 0 Å². The number of hydrogen-bond donors (Lipinski definition) is 0. The van der Waals surface area contributed by atoms with Crippen molar-refractivity contribution >= 4 is 5.91 Å². The molecule has 9 heteroatoms. The van der Waals surface area contributed by atoms with E-state index in [1.807, 2.05) is 11.8 Å². The normalized spacial score (nSPS) is 24.8. The van der Waals surface area contributed by atoms with Gasteiger partial charge in [-0.05, 0) is 44.9 Å². The summed E-state index contributed by atoms with van der Waals surface area (Å²) >= 11 is 0. The third-order valence-corrected chi connectivity index (χ3v) is 7.20. The van der Waals surface area contributed by atoms with E-state index in [-0.39, 0.29) is 17.2 Å². The van der Waals surface area contributed by atoms with Crippen molar-refractivity contribution in [1.29, 1.82) is 0 Å². The Morgan fingerprint density at radius 1 is 1.19 bits per heavy atom. The van der Waals surface area contributed by atoms with Crippen LogP contribution in [0.3, 0.4) is 0 Å². The SMILES string of the molecule is COCc1c(C(=O)N2CCCC(CC3CC3)(c3noc(C4CCOCC4)n3)C2)noc1C. The quantitative estimate of drug-likeness (QED) is 0.640. The van der Waals surface area contributed by atoms with Crippen LogP contribution in [-0.2, 0) is 21.5 Å². The lowest BCUT2D eigenvalue weighted by atomic mass is 9.74. The molecule has 0 bridgehead atoms. The average molecular weight is 445 g/mol. The largest absolute Gasteiger partial charge is 0.381 e. The molecule has 1 aliphatic carbocycles. The van der Waals surface area contributed by atoms with Crippen molar-refractivity contribution < 1.29 is 23.3 Å². The van der Waals surface area contributed by atoms with E-state index in [1.165, 1.54) is 12.8 Å². The van der Waals surface area contributed by atoms with Crippen molar-refractivity contribution in [2.24, 2.45) is 5.92 Å². The molecule has 1 unspecified atom stereocenters. The van der Waals surface area contributed by atoms with Gasteiger partial charge in [0.15, 0.2) is 11.5 Å². The van der Waals surface area contributed by atoms with Crippen LogP contribution < -0.4 is 0 Å². The summed E-state index contributed by atoms with van der Waals surface area (Å²) in [5.41, 5.74) is 0.794. The lowest BCUT2D eigenvalue weighted by Crippen LogP contribution is -2.49. The second-order valence-electron chi connectivity index (χ2n) is 9.60. The van der Waals surface area contributed by atoms with Crippen LogP contribution in [-0.4, -0.2) is 59.5 Å². The molecule has 2 aromatic rings. The summed E-state index contributed by atoms with van der Waals surface area (Å²) in [7, 11) is 1.61. The maximum Gasteiger partial charge on any atom is 0.276 e. The Bertz CT molecular complexity index is 946. The van der Waals surface area contributed by atoms with Gasteiger partial charge in [-0.15, -0.1) is 0 Å². The maximum atomic E-state index is 13.5. The van der Waals surface area contributed by atoms with Crippen LogP contribution in [0, 0.1) is 12.8 Å². The summed E-state index contributed by atoms with van der Waals surface area (Å²) in [5.74, 6) is 2.93. The van der Waals surface area contributed by atoms with Gasteiger partial charge in [0.05, 0.1) is 17.6 Å². The van der Waals surface area contributed by atoms with E-state index in [4.69, 9.17) is 23.5 Å². The Labute approximate surface area is 187 Å². The summed E-state index contributed by atoms with van der Waals surface area (Å²) < 4.78 is 21.8. The topological polar surface area (TPSA) is 104 Å². The molecule has 5 rings (SSSR count). The predicted molar refractivity (Wildman–Crippen MR) is 113 cm³/mol. The minimum absolute atomic E-state index is 0.109. The molecular weight excluding hydrogens is 412 g/mol. The van der Waals surface area contributed by atoms with E-state index in [0.29, 0.717) is 37.1 Å². The summed E-state index contributed by atoms with van der Waals surface area (Å²) in [5, 5.41) is 8.53. The lowest BCUT2D eigenvalue weighted by molar-refractivity contribution is 0.0593. The number of methoxy groups -OCH3 is 1. The summed E-state index contributed by atoms with van der Waals surface area (Å²) in [6, 6.07) is 0. The molecule has 4 heterocycles. The number of amides is 1. The molecule has 0 N–H and O–H groups in total. The Kier molecular flexibility index (Phi) is 6.03. The first-order valence-electron chi connectivity index (χ1n) is 11.7. The molecule has 2 aliphatic heterocycles. The van der Waals surface area contributed by atoms with Gasteiger partial charge in [0.1, 0.15) is 5.76 Å². The predicted octanol–water partition coefficient (Wildman–Crippen LogP) is 3.38. The third-order valence-electron chi connectivity index (χ3n) is 7.20. The Morgan fingerprint density at radius 3 is 2.75 bits per heavy atom. The molecule has 3 aliphatic rings. The van der Waals surface area contributed by atoms with Gasteiger partial charge in [-0.3, -0.25) is 4.79 Å². The van der Waals surface area contributed by atoms with Crippen molar-refractivity contribution in [3.05, 3.63) is 28.7 Å². The smallest absolute Gasteiger partial charge is 0.276 e. The monoisotopic (exact) mass is 444 g/mol. The number of piperidine rings is 1. The fraction of sp³-hybridized carbons (Fsp3) is 0.739. The number of ether oxygens (including phenoxy) is 2. The molecule has 0 aromatic carbocycles. The standard InChI is InChI=1S/C23H32N4O5/c1-15-18(13-29-2)19(25-31-15)21(28)27-9-3-8-23(14-27,12-16-4-5-16)22-24-20(32-26-22)17-6-10-30-11-7-17/h16-17H,3-14H2,1-2H3. The van der Waals surface area contributed by atoms with Gasteiger partial charge in [-0.1, -0.05) is 23.2 Å². The molecular formula is C23H32N4O5. The lowest BCUT2D eigenvalue weighted by Gasteiger charge is -2.41. The molecule has 1 amide bonds. The highest BCUT2D eigenvalue weighted by molar-refractivity contribution is 5.94. The first kappa shape index (κ1) is 21.6. The molecule has 32 heavy (non-hydrogen) atoms. The van der Waals surface area contributed by atoms with Crippen molar-refractivity contribution in [2.45, 2.75) is 69.8 Å². The minimum Gasteiger partial charge on any atom is -0.381 e. The second kappa shape index (κ2) is 8.94. The van der Waals surface area contributed by atoms with Crippen molar-refractivity contribution in [2.75, 3.05) is 33.4 Å². The number of hydrogen-bond acceptors (Lipinski definition) is 8. The van der Waals surface area contributed by atoms with Gasteiger partial charge in [0.2, 0.25) is 5.89 Å². The Balaban J connectivity index is 1.40. The van der Waals surface area contributed by atoms with Crippen LogP contribution >= 0.6 is 0 Å². The zero-order valence-corrected chi connectivity index (χ0v) is 19.0. The number of carbonyl (C=O) groups excluding carboxylic acids is 1. The highest BCUT2D eigenvalue weighted by Crippen LogP contribution is 2.46. The zero-order valence-electron chi connectivity index (χ0n) is 19.0. The molecule has 2 saturated heterocycles. The molecule has 3 fully saturated rings. The van der Waals surface area contributed by atoms with Crippen LogP contribution in [0.4, 0.5) is 0 Å². The molecule has 9 nitrogen and oxygen atoms in total. The fourth-order valence-electron chi connectivity index (χ4n) is 5.20. The van der Waals surface area contributed by atoms with Crippen LogP contribution in [0.5, 0.6) is 0 Å². The molecule has 0 spiro atoms. The number of rotatable bonds is 7. The van der Waals surface area contributed by atoms with E-state index in [2.05, 4.69) is 10.3 Å². The van der Waals surface area contributed by atoms with Crippen molar-refractivity contribution in [1.82, 2.24) is 20.2 Å². The summed E-state index contributed by atoms with van der Waals surface area (Å²) in [4.78, 5) is 20.2. The molecule has 0 radical (unpaired) electrons. The highest BCUT2D eigenvalue weighted by atomic mass is 16.5. The first-order valence-corrected chi connectivity index (χ1v) is 11.7. The minimum atomic E-state index is -0.276. The highest BCUT2D eigenvalue weighted by Gasteiger charge is 2.46. The van der Waals surface area contributed by atoms with E-state index >= 15 is 0 Å². The average Bonchev–Trinajstić information content (AvgIpc) is 3.34. The van der Waals surface area contributed by atoms with Gasteiger partial charge in [0, 0.05) is 39.3 Å². The van der Waals surface area contributed by atoms with Gasteiger partial charge < -0.3 is 23.4 Å². The molecule has 2 aromatic heterocycles. The Hall–Kier alpha value is -2.26. The second-order valence-corrected chi connectivity index (χ2v) is 9.60. The van der Waals surface area contributed by atoms with Gasteiger partial charge in [0.25, 0.3) is 5.91 Å². The van der Waals surface area contributed by atoms with Gasteiger partial charge >= 0.3 is 0 Å². The molecule has 1 atom stereocenters. The van der Waals surface area contributed by atoms with Crippen LogP contribution in [0.15, 0.2) is 9.05 Å². The Morgan fingerprint density at radius 2 is 2.00 bits per heavy atom. The van der Waals surface area contributed by atoms with Gasteiger partial charge in [-0.2, -0.15) is 4.98 Å². The number of aryl methyl sites for hydroxylation is 1. The number of nitrogens with zero attached hydrogens (tertiary/aromatic N) is 4. The first-order chi connectivity index (χ1) is 15.6. The van der Waals surface area contributed by atoms with E-state index in [1.54, 1.807) is 7.11 Å². The third kappa shape index (κ3) is 4.20. The van der Waals surface area contributed by atoms with Crippen LogP contribution in [0.1, 0.15) is 84.4 Å². The maximum absolute atomic E-state index is 13.5. The zero-order chi connectivity index (χ0) is 22.1. The van der Waals surface area contributed by atoms with Crippen molar-refractivity contribution in [3.63, 3.8) is 0 Å². The van der Waals surface area contributed by atoms with Crippen LogP contribution in [0.2, 0.25) is 0 Å². The van der Waals surface area contributed by atoms with E-state index in [0.717, 1.165) is 62.6 Å². The molecule has 1 saturated carbocycles. The van der Waals surface area contributed by atoms with E-state index < -0.39 is 0 Å². The molecule has 174 valence electrons. The van der Waals surface area contributed by atoms with Crippen LogP contribution in [0.25, 0.3) is 0 Å². The van der Waals surface area contributed by atoms with Crippen molar-refractivity contribution in [3.8, 4) is 0 Å². The van der Waals surface area contributed by atoms with E-state index in [9.17, 15) is 4.79 Å². The summed E-state index contributed by atoms with van der Waals surface area (Å²) in [6.45, 7) is 4.85. The number of likely N-dealkylation sites (tertiary alicyclic amines) is 1. The fourth-order valence-corrected chi connectivity index (χ4v) is 5.20. The number of carbonyl (C=O) groups is 1. The summed E-state index contributed by atoms with van der Waals surface area (Å²) in [6.07, 6.45) is 7.15.